The minimum absolute atomic E-state index is 0.851. The zero-order valence-corrected chi connectivity index (χ0v) is 9.75. The fourth-order valence-electron chi connectivity index (χ4n) is 1.83. The Morgan fingerprint density at radius 2 is 1.94 bits per heavy atom. The molecule has 2 N–H and O–H groups in total. The van der Waals surface area contributed by atoms with Crippen molar-refractivity contribution in [1.29, 1.82) is 0 Å². The number of aryl methyl sites for hydroxylation is 2. The van der Waals surface area contributed by atoms with Gasteiger partial charge in [-0.1, -0.05) is 18.2 Å². The van der Waals surface area contributed by atoms with Crippen molar-refractivity contribution in [3.8, 4) is 0 Å². The van der Waals surface area contributed by atoms with Crippen LogP contribution in [0.1, 0.15) is 22.3 Å². The number of hydrogen-bond donors (Lipinski definition) is 2. The largest absolute Gasteiger partial charge is 0.308 e. The van der Waals surface area contributed by atoms with Crippen LogP contribution in [0.15, 0.2) is 30.6 Å². The summed E-state index contributed by atoms with van der Waals surface area (Å²) >= 11 is 0. The average Bonchev–Trinajstić information content (AvgIpc) is 2.75. The van der Waals surface area contributed by atoms with Gasteiger partial charge in [-0.3, -0.25) is 5.10 Å². The van der Waals surface area contributed by atoms with E-state index < -0.39 is 0 Å². The average molecular weight is 215 g/mol. The summed E-state index contributed by atoms with van der Waals surface area (Å²) in [6, 6.07) is 6.41. The maximum atomic E-state index is 3.92. The predicted octanol–water partition coefficient (Wildman–Crippen LogP) is 2.32. The standard InChI is InChI=1S/C13H17N3/c1-10-4-3-5-11(2)13(10)9-14-6-12-7-15-16-8-12/h3-5,7-8,14H,6,9H2,1-2H3,(H,15,16). The highest BCUT2D eigenvalue weighted by Gasteiger charge is 2.01. The number of H-pyrrole nitrogens is 1. The van der Waals surface area contributed by atoms with Crippen molar-refractivity contribution >= 4 is 0 Å². The van der Waals surface area contributed by atoms with E-state index >= 15 is 0 Å². The molecule has 0 aliphatic heterocycles. The summed E-state index contributed by atoms with van der Waals surface area (Å²) in [7, 11) is 0. The van der Waals surface area contributed by atoms with Gasteiger partial charge in [0.25, 0.3) is 0 Å². The van der Waals surface area contributed by atoms with Gasteiger partial charge >= 0.3 is 0 Å². The van der Waals surface area contributed by atoms with E-state index in [1.54, 1.807) is 0 Å². The topological polar surface area (TPSA) is 40.7 Å². The summed E-state index contributed by atoms with van der Waals surface area (Å²) in [6.45, 7) is 6.07. The highest BCUT2D eigenvalue weighted by molar-refractivity contribution is 5.33. The molecule has 16 heavy (non-hydrogen) atoms. The summed E-state index contributed by atoms with van der Waals surface area (Å²) in [4.78, 5) is 0. The third-order valence-electron chi connectivity index (χ3n) is 2.83. The molecule has 0 aliphatic rings. The number of nitrogens with one attached hydrogen (secondary N) is 2. The summed E-state index contributed by atoms with van der Waals surface area (Å²) in [5, 5.41) is 10.2. The summed E-state index contributed by atoms with van der Waals surface area (Å²) in [5.41, 5.74) is 5.27. The molecule has 0 atom stereocenters. The molecule has 2 rings (SSSR count). The Balaban J connectivity index is 1.95. The Bertz CT molecular complexity index is 426. The Labute approximate surface area is 95.9 Å². The molecular formula is C13H17N3. The lowest BCUT2D eigenvalue weighted by Gasteiger charge is -2.10. The summed E-state index contributed by atoms with van der Waals surface area (Å²) in [5.74, 6) is 0. The van der Waals surface area contributed by atoms with Crippen molar-refractivity contribution < 1.29 is 0 Å². The fourth-order valence-corrected chi connectivity index (χ4v) is 1.83. The van der Waals surface area contributed by atoms with E-state index in [0.29, 0.717) is 0 Å². The van der Waals surface area contributed by atoms with Crippen LogP contribution in [0.4, 0.5) is 0 Å². The second-order valence-electron chi connectivity index (χ2n) is 4.08. The number of hydrogen-bond acceptors (Lipinski definition) is 2. The maximum Gasteiger partial charge on any atom is 0.0532 e. The zero-order valence-electron chi connectivity index (χ0n) is 9.75. The molecule has 0 bridgehead atoms. The Kier molecular flexibility index (Phi) is 3.37. The van der Waals surface area contributed by atoms with Gasteiger partial charge in [-0.25, -0.2) is 0 Å². The predicted molar refractivity (Wildman–Crippen MR) is 65.0 cm³/mol. The second-order valence-corrected chi connectivity index (χ2v) is 4.08. The lowest BCUT2D eigenvalue weighted by molar-refractivity contribution is 0.688. The lowest BCUT2D eigenvalue weighted by atomic mass is 10.0. The van der Waals surface area contributed by atoms with Gasteiger partial charge in [-0.2, -0.15) is 5.10 Å². The van der Waals surface area contributed by atoms with Gasteiger partial charge in [0.1, 0.15) is 0 Å². The quantitative estimate of drug-likeness (QED) is 0.821. The second kappa shape index (κ2) is 4.94. The molecule has 0 unspecified atom stereocenters. The molecule has 2 aromatic rings. The van der Waals surface area contributed by atoms with Crippen molar-refractivity contribution in [3.05, 3.63) is 52.8 Å². The first-order valence-corrected chi connectivity index (χ1v) is 5.51. The van der Waals surface area contributed by atoms with Crippen LogP contribution in [0.2, 0.25) is 0 Å². The van der Waals surface area contributed by atoms with Crippen LogP contribution >= 0.6 is 0 Å². The molecule has 0 spiro atoms. The number of benzene rings is 1. The van der Waals surface area contributed by atoms with E-state index in [9.17, 15) is 0 Å². The van der Waals surface area contributed by atoms with Crippen LogP contribution in [0.3, 0.4) is 0 Å². The SMILES string of the molecule is Cc1cccc(C)c1CNCc1cn[nH]c1. The van der Waals surface area contributed by atoms with E-state index in [4.69, 9.17) is 0 Å². The molecular weight excluding hydrogens is 198 g/mol. The van der Waals surface area contributed by atoms with Crippen LogP contribution in [0.5, 0.6) is 0 Å². The third kappa shape index (κ3) is 2.49. The van der Waals surface area contributed by atoms with E-state index in [1.165, 1.54) is 22.3 Å². The summed E-state index contributed by atoms with van der Waals surface area (Å²) < 4.78 is 0. The summed E-state index contributed by atoms with van der Waals surface area (Å²) in [6.07, 6.45) is 3.76. The molecule has 3 nitrogen and oxygen atoms in total. The molecule has 1 heterocycles. The highest BCUT2D eigenvalue weighted by Crippen LogP contribution is 2.12. The first-order valence-electron chi connectivity index (χ1n) is 5.51. The van der Waals surface area contributed by atoms with Crippen LogP contribution < -0.4 is 5.32 Å². The molecule has 0 radical (unpaired) electrons. The van der Waals surface area contributed by atoms with Gasteiger partial charge < -0.3 is 5.32 Å². The van der Waals surface area contributed by atoms with Gasteiger partial charge in [0.15, 0.2) is 0 Å². The molecule has 1 aromatic carbocycles. The van der Waals surface area contributed by atoms with Crippen molar-refractivity contribution in [2.24, 2.45) is 0 Å². The minimum atomic E-state index is 0.851. The van der Waals surface area contributed by atoms with Crippen LogP contribution in [-0.2, 0) is 13.1 Å². The molecule has 0 saturated heterocycles. The number of aromatic nitrogens is 2. The monoisotopic (exact) mass is 215 g/mol. The van der Waals surface area contributed by atoms with Crippen molar-refractivity contribution in [3.63, 3.8) is 0 Å². The Morgan fingerprint density at radius 3 is 2.56 bits per heavy atom. The van der Waals surface area contributed by atoms with Gasteiger partial charge in [-0.15, -0.1) is 0 Å². The molecule has 1 aromatic heterocycles. The normalized spacial score (nSPS) is 10.6. The molecule has 0 amide bonds. The maximum absolute atomic E-state index is 3.92. The van der Waals surface area contributed by atoms with Crippen LogP contribution in [-0.4, -0.2) is 10.2 Å². The van der Waals surface area contributed by atoms with Gasteiger partial charge in [0.05, 0.1) is 6.20 Å². The lowest BCUT2D eigenvalue weighted by Crippen LogP contribution is -2.14. The zero-order chi connectivity index (χ0) is 11.4. The smallest absolute Gasteiger partial charge is 0.0532 e. The number of rotatable bonds is 4. The molecule has 0 fully saturated rings. The molecule has 84 valence electrons. The Hall–Kier alpha value is -1.61. The van der Waals surface area contributed by atoms with Gasteiger partial charge in [0, 0.05) is 24.8 Å². The van der Waals surface area contributed by atoms with Crippen molar-refractivity contribution in [2.45, 2.75) is 26.9 Å². The first-order chi connectivity index (χ1) is 7.77. The number of nitrogens with zero attached hydrogens (tertiary/aromatic N) is 1. The third-order valence-corrected chi connectivity index (χ3v) is 2.83. The Morgan fingerprint density at radius 1 is 1.19 bits per heavy atom. The van der Waals surface area contributed by atoms with E-state index in [1.807, 2.05) is 12.4 Å². The fraction of sp³-hybridized carbons (Fsp3) is 0.308. The van der Waals surface area contributed by atoms with Crippen molar-refractivity contribution in [2.75, 3.05) is 0 Å². The van der Waals surface area contributed by atoms with E-state index in [2.05, 4.69) is 47.6 Å². The molecule has 0 saturated carbocycles. The minimum Gasteiger partial charge on any atom is -0.308 e. The number of aromatic amines is 1. The van der Waals surface area contributed by atoms with E-state index in [-0.39, 0.29) is 0 Å². The van der Waals surface area contributed by atoms with Gasteiger partial charge in [-0.05, 0) is 30.5 Å². The van der Waals surface area contributed by atoms with Gasteiger partial charge in [0.2, 0.25) is 0 Å². The van der Waals surface area contributed by atoms with Crippen LogP contribution in [0, 0.1) is 13.8 Å². The van der Waals surface area contributed by atoms with Crippen molar-refractivity contribution in [1.82, 2.24) is 15.5 Å². The highest BCUT2D eigenvalue weighted by atomic mass is 15.1. The molecule has 3 heteroatoms. The molecule has 0 aliphatic carbocycles. The first kappa shape index (κ1) is 10.9. The van der Waals surface area contributed by atoms with Crippen LogP contribution in [0.25, 0.3) is 0 Å². The van der Waals surface area contributed by atoms with E-state index in [0.717, 1.165) is 13.1 Å².